The van der Waals surface area contributed by atoms with Crippen molar-refractivity contribution in [1.29, 1.82) is 0 Å². The molecule has 0 saturated heterocycles. The number of carbonyl (C=O) groups is 2. The molecule has 0 aromatic carbocycles. The van der Waals surface area contributed by atoms with Crippen LogP contribution in [0, 0.1) is 6.92 Å². The van der Waals surface area contributed by atoms with E-state index in [1.807, 2.05) is 13.0 Å². The van der Waals surface area contributed by atoms with Gasteiger partial charge in [0.25, 0.3) is 5.91 Å². The van der Waals surface area contributed by atoms with Crippen LogP contribution in [0.4, 0.5) is 0 Å². The van der Waals surface area contributed by atoms with E-state index in [1.165, 1.54) is 11.3 Å². The first-order valence-electron chi connectivity index (χ1n) is 5.27. The van der Waals surface area contributed by atoms with Gasteiger partial charge in [-0.05, 0) is 25.0 Å². The molecule has 6 heteroatoms. The van der Waals surface area contributed by atoms with Gasteiger partial charge in [0.2, 0.25) is 0 Å². The zero-order valence-electron chi connectivity index (χ0n) is 9.78. The lowest BCUT2D eigenvalue weighted by Crippen LogP contribution is -2.25. The molecule has 0 radical (unpaired) electrons. The SMILES string of the molecule is CCCc1cc(C(=O)NOCC(=O)O)sc1C. The molecule has 0 spiro atoms. The molecule has 0 aliphatic rings. The molecule has 5 nitrogen and oxygen atoms in total. The molecular formula is C11H15NO4S. The third kappa shape index (κ3) is 4.16. The van der Waals surface area contributed by atoms with E-state index in [0.29, 0.717) is 4.88 Å². The van der Waals surface area contributed by atoms with Crippen LogP contribution >= 0.6 is 11.3 Å². The maximum Gasteiger partial charge on any atom is 0.332 e. The molecule has 0 unspecified atom stereocenters. The predicted octanol–water partition coefficient (Wildman–Crippen LogP) is 1.76. The normalized spacial score (nSPS) is 10.2. The van der Waals surface area contributed by atoms with Crippen LogP contribution in [0.1, 0.15) is 33.5 Å². The summed E-state index contributed by atoms with van der Waals surface area (Å²) in [6.07, 6.45) is 1.96. The smallest absolute Gasteiger partial charge is 0.332 e. The predicted molar refractivity (Wildman–Crippen MR) is 64.1 cm³/mol. The first-order chi connectivity index (χ1) is 8.04. The molecule has 1 amide bonds. The van der Waals surface area contributed by atoms with E-state index in [2.05, 4.69) is 17.2 Å². The molecule has 1 aromatic rings. The van der Waals surface area contributed by atoms with Crippen molar-refractivity contribution in [1.82, 2.24) is 5.48 Å². The van der Waals surface area contributed by atoms with Gasteiger partial charge >= 0.3 is 5.97 Å². The van der Waals surface area contributed by atoms with Gasteiger partial charge in [0.15, 0.2) is 6.61 Å². The fourth-order valence-corrected chi connectivity index (χ4v) is 2.32. The van der Waals surface area contributed by atoms with Gasteiger partial charge in [-0.2, -0.15) is 0 Å². The van der Waals surface area contributed by atoms with Crippen LogP contribution < -0.4 is 5.48 Å². The molecule has 0 bridgehead atoms. The fourth-order valence-electron chi connectivity index (χ4n) is 1.36. The quantitative estimate of drug-likeness (QED) is 0.761. The van der Waals surface area contributed by atoms with Gasteiger partial charge in [-0.25, -0.2) is 10.3 Å². The number of amides is 1. The summed E-state index contributed by atoms with van der Waals surface area (Å²) in [6.45, 7) is 3.50. The maximum absolute atomic E-state index is 11.6. The number of thiophene rings is 1. The van der Waals surface area contributed by atoms with Crippen molar-refractivity contribution in [3.8, 4) is 0 Å². The van der Waals surface area contributed by atoms with Crippen molar-refractivity contribution in [2.75, 3.05) is 6.61 Å². The lowest BCUT2D eigenvalue weighted by atomic mass is 10.1. The average Bonchev–Trinajstić information content (AvgIpc) is 2.60. The molecule has 94 valence electrons. The number of rotatable bonds is 6. The molecule has 0 aliphatic carbocycles. The number of hydroxylamine groups is 1. The lowest BCUT2D eigenvalue weighted by Gasteiger charge is -2.00. The van der Waals surface area contributed by atoms with Crippen LogP contribution in [0.25, 0.3) is 0 Å². The zero-order valence-corrected chi connectivity index (χ0v) is 10.6. The Hall–Kier alpha value is -1.40. The fraction of sp³-hybridized carbons (Fsp3) is 0.455. The Morgan fingerprint density at radius 2 is 2.24 bits per heavy atom. The zero-order chi connectivity index (χ0) is 12.8. The van der Waals surface area contributed by atoms with Gasteiger partial charge in [-0.3, -0.25) is 9.63 Å². The summed E-state index contributed by atoms with van der Waals surface area (Å²) in [4.78, 5) is 27.9. The Morgan fingerprint density at radius 1 is 1.53 bits per heavy atom. The minimum atomic E-state index is -1.13. The van der Waals surface area contributed by atoms with Crippen LogP contribution in [0.5, 0.6) is 0 Å². The van der Waals surface area contributed by atoms with Crippen molar-refractivity contribution in [2.45, 2.75) is 26.7 Å². The van der Waals surface area contributed by atoms with Crippen molar-refractivity contribution in [3.05, 3.63) is 21.4 Å². The van der Waals surface area contributed by atoms with Crippen LogP contribution in [0.2, 0.25) is 0 Å². The molecule has 0 fully saturated rings. The number of carbonyl (C=O) groups excluding carboxylic acids is 1. The lowest BCUT2D eigenvalue weighted by molar-refractivity contribution is -0.144. The second-order valence-electron chi connectivity index (χ2n) is 3.56. The molecular weight excluding hydrogens is 242 g/mol. The van der Waals surface area contributed by atoms with Gasteiger partial charge in [-0.1, -0.05) is 13.3 Å². The van der Waals surface area contributed by atoms with Gasteiger partial charge < -0.3 is 5.11 Å². The second-order valence-corrected chi connectivity index (χ2v) is 4.81. The maximum atomic E-state index is 11.6. The number of aliphatic carboxylic acids is 1. The van der Waals surface area contributed by atoms with Crippen molar-refractivity contribution in [3.63, 3.8) is 0 Å². The van der Waals surface area contributed by atoms with E-state index < -0.39 is 18.5 Å². The summed E-state index contributed by atoms with van der Waals surface area (Å²) >= 11 is 1.38. The number of nitrogens with one attached hydrogen (secondary N) is 1. The van der Waals surface area contributed by atoms with E-state index in [9.17, 15) is 9.59 Å². The molecule has 1 heterocycles. The summed E-state index contributed by atoms with van der Waals surface area (Å²) in [5.41, 5.74) is 3.26. The number of hydrogen-bond acceptors (Lipinski definition) is 4. The van der Waals surface area contributed by atoms with Crippen LogP contribution in [0.3, 0.4) is 0 Å². The highest BCUT2D eigenvalue weighted by Gasteiger charge is 2.12. The summed E-state index contributed by atoms with van der Waals surface area (Å²) in [6, 6.07) is 1.82. The van der Waals surface area contributed by atoms with Crippen LogP contribution in [-0.4, -0.2) is 23.6 Å². The van der Waals surface area contributed by atoms with Crippen molar-refractivity contribution >= 4 is 23.2 Å². The minimum Gasteiger partial charge on any atom is -0.479 e. The molecule has 17 heavy (non-hydrogen) atoms. The van der Waals surface area contributed by atoms with Crippen LogP contribution in [-0.2, 0) is 16.1 Å². The monoisotopic (exact) mass is 257 g/mol. The first-order valence-corrected chi connectivity index (χ1v) is 6.09. The van der Waals surface area contributed by atoms with E-state index in [1.54, 1.807) is 0 Å². The van der Waals surface area contributed by atoms with Gasteiger partial charge in [0.1, 0.15) is 0 Å². The first kappa shape index (κ1) is 13.7. The molecule has 0 atom stereocenters. The molecule has 2 N–H and O–H groups in total. The Morgan fingerprint density at radius 3 is 2.82 bits per heavy atom. The van der Waals surface area contributed by atoms with E-state index in [0.717, 1.165) is 23.3 Å². The Kier molecular flexibility index (Phi) is 5.11. The Bertz CT molecular complexity index is 414. The number of hydrogen-bond donors (Lipinski definition) is 2. The summed E-state index contributed by atoms with van der Waals surface area (Å²) in [5.74, 6) is -1.53. The number of carboxylic acid groups (broad SMARTS) is 1. The van der Waals surface area contributed by atoms with Gasteiger partial charge in [-0.15, -0.1) is 11.3 Å². The van der Waals surface area contributed by atoms with Gasteiger partial charge in [0, 0.05) is 4.88 Å². The highest BCUT2D eigenvalue weighted by molar-refractivity contribution is 7.14. The Labute approximate surface area is 103 Å². The van der Waals surface area contributed by atoms with Crippen LogP contribution in [0.15, 0.2) is 6.07 Å². The van der Waals surface area contributed by atoms with Crippen molar-refractivity contribution in [2.24, 2.45) is 0 Å². The largest absolute Gasteiger partial charge is 0.479 e. The van der Waals surface area contributed by atoms with E-state index in [4.69, 9.17) is 5.11 Å². The summed E-state index contributed by atoms with van der Waals surface area (Å²) in [5, 5.41) is 8.34. The second kappa shape index (κ2) is 6.36. The van der Waals surface area contributed by atoms with Gasteiger partial charge in [0.05, 0.1) is 4.88 Å². The highest BCUT2D eigenvalue weighted by atomic mass is 32.1. The Balaban J connectivity index is 2.57. The van der Waals surface area contributed by atoms with E-state index in [-0.39, 0.29) is 0 Å². The third-order valence-corrected chi connectivity index (χ3v) is 3.22. The molecule has 1 aromatic heterocycles. The summed E-state index contributed by atoms with van der Waals surface area (Å²) < 4.78 is 0. The van der Waals surface area contributed by atoms with Crippen molar-refractivity contribution < 1.29 is 19.5 Å². The average molecular weight is 257 g/mol. The topological polar surface area (TPSA) is 75.6 Å². The third-order valence-electron chi connectivity index (χ3n) is 2.12. The van der Waals surface area contributed by atoms with E-state index >= 15 is 0 Å². The summed E-state index contributed by atoms with van der Waals surface area (Å²) in [7, 11) is 0. The number of carboxylic acids is 1. The molecule has 0 saturated carbocycles. The molecule has 0 aliphatic heterocycles. The number of aryl methyl sites for hydroxylation is 2. The molecule has 1 rings (SSSR count). The minimum absolute atomic E-state index is 0.401. The highest BCUT2D eigenvalue weighted by Crippen LogP contribution is 2.22. The standard InChI is InChI=1S/C11H15NO4S/c1-3-4-8-5-9(17-7(8)2)11(15)12-16-6-10(13)14/h5H,3-4,6H2,1-2H3,(H,12,15)(H,13,14).